The maximum absolute atomic E-state index is 6.61. The van der Waals surface area contributed by atoms with E-state index in [0.717, 1.165) is 27.8 Å². The van der Waals surface area contributed by atoms with Gasteiger partial charge < -0.3 is 23.7 Å². The Balaban J connectivity index is 1.43. The van der Waals surface area contributed by atoms with Gasteiger partial charge in [-0.3, -0.25) is 0 Å². The van der Waals surface area contributed by atoms with Crippen molar-refractivity contribution >= 4 is 0 Å². The van der Waals surface area contributed by atoms with E-state index >= 15 is 0 Å². The van der Waals surface area contributed by atoms with Crippen molar-refractivity contribution in [1.82, 2.24) is 0 Å². The molecule has 0 radical (unpaired) electrons. The molecule has 46 heavy (non-hydrogen) atoms. The van der Waals surface area contributed by atoms with Crippen molar-refractivity contribution in [2.24, 2.45) is 0 Å². The first-order valence-corrected chi connectivity index (χ1v) is 15.4. The summed E-state index contributed by atoms with van der Waals surface area (Å²) in [4.78, 5) is 0. The minimum atomic E-state index is 0.296. The predicted molar refractivity (Wildman–Crippen MR) is 180 cm³/mol. The minimum absolute atomic E-state index is 0.296. The van der Waals surface area contributed by atoms with Crippen LogP contribution in [0.2, 0.25) is 0 Å². The number of rotatable bonds is 15. The third kappa shape index (κ3) is 8.48. The van der Waals surface area contributed by atoms with Gasteiger partial charge in [0.2, 0.25) is 17.2 Å². The van der Waals surface area contributed by atoms with E-state index in [1.807, 2.05) is 158 Å². The highest BCUT2D eigenvalue weighted by molar-refractivity contribution is 5.66. The van der Waals surface area contributed by atoms with Gasteiger partial charge in [0.15, 0.2) is 11.5 Å². The number of hydrogen-bond acceptors (Lipinski definition) is 5. The molecule has 0 aliphatic carbocycles. The fraction of sp³-hybridized carbons (Fsp3) is 0.122. The summed E-state index contributed by atoms with van der Waals surface area (Å²) < 4.78 is 32.7. The first-order valence-electron chi connectivity index (χ1n) is 15.4. The van der Waals surface area contributed by atoms with Gasteiger partial charge in [0, 0.05) is 6.07 Å². The van der Waals surface area contributed by atoms with Crippen molar-refractivity contribution in [2.75, 3.05) is 0 Å². The minimum Gasteiger partial charge on any atom is -0.485 e. The molecule has 0 saturated carbocycles. The first kappa shape index (κ1) is 30.4. The second-order valence-corrected chi connectivity index (χ2v) is 10.7. The summed E-state index contributed by atoms with van der Waals surface area (Å²) in [6, 6.07) is 52.0. The summed E-state index contributed by atoms with van der Waals surface area (Å²) in [5, 5.41) is 0. The molecule has 0 aromatic heterocycles. The first-order chi connectivity index (χ1) is 22.8. The molecule has 0 bridgehead atoms. The fourth-order valence-corrected chi connectivity index (χ4v) is 4.86. The van der Waals surface area contributed by atoms with E-state index in [1.165, 1.54) is 0 Å². The molecule has 0 heterocycles. The van der Waals surface area contributed by atoms with E-state index in [4.69, 9.17) is 23.7 Å². The maximum atomic E-state index is 6.61. The second-order valence-electron chi connectivity index (χ2n) is 10.7. The van der Waals surface area contributed by atoms with Gasteiger partial charge in [-0.15, -0.1) is 0 Å². The lowest BCUT2D eigenvalue weighted by Gasteiger charge is -2.23. The summed E-state index contributed by atoms with van der Waals surface area (Å²) in [6.45, 7) is 1.59. The topological polar surface area (TPSA) is 46.2 Å². The molecule has 0 atom stereocenters. The lowest BCUT2D eigenvalue weighted by atomic mass is 10.2. The van der Waals surface area contributed by atoms with E-state index in [1.54, 1.807) is 0 Å². The molecule has 6 aromatic rings. The van der Waals surface area contributed by atoms with E-state index < -0.39 is 0 Å². The summed E-state index contributed by atoms with van der Waals surface area (Å²) in [5.74, 6) is 2.32. The lowest BCUT2D eigenvalue weighted by Crippen LogP contribution is -2.08. The van der Waals surface area contributed by atoms with Gasteiger partial charge in [0.05, 0.1) is 0 Å². The van der Waals surface area contributed by atoms with Crippen molar-refractivity contribution in [3.63, 3.8) is 0 Å². The Morgan fingerprint density at radius 3 is 0.783 bits per heavy atom. The molecule has 0 aliphatic rings. The van der Waals surface area contributed by atoms with Crippen LogP contribution in [0.15, 0.2) is 158 Å². The smallest absolute Gasteiger partial charge is 0.211 e. The molecule has 0 saturated heterocycles. The number of hydrogen-bond donors (Lipinski definition) is 0. The predicted octanol–water partition coefficient (Wildman–Crippen LogP) is 9.58. The van der Waals surface area contributed by atoms with Crippen molar-refractivity contribution in [3.05, 3.63) is 186 Å². The Morgan fingerprint density at radius 2 is 0.500 bits per heavy atom. The Bertz CT molecular complexity index is 1650. The largest absolute Gasteiger partial charge is 0.485 e. The third-order valence-corrected chi connectivity index (χ3v) is 7.27. The van der Waals surface area contributed by atoms with Crippen LogP contribution >= 0.6 is 0 Å². The average molecular weight is 609 g/mol. The molecular weight excluding hydrogens is 572 g/mol. The van der Waals surface area contributed by atoms with Crippen LogP contribution < -0.4 is 23.7 Å². The molecule has 0 fully saturated rings. The fourth-order valence-electron chi connectivity index (χ4n) is 4.86. The van der Waals surface area contributed by atoms with Gasteiger partial charge in [-0.2, -0.15) is 0 Å². The lowest BCUT2D eigenvalue weighted by molar-refractivity contribution is 0.201. The average Bonchev–Trinajstić information content (AvgIpc) is 3.13. The van der Waals surface area contributed by atoms with E-state index in [-0.39, 0.29) is 0 Å². The quantitative estimate of drug-likeness (QED) is 0.116. The van der Waals surface area contributed by atoms with Gasteiger partial charge in [-0.1, -0.05) is 152 Å². The molecule has 0 N–H and O–H groups in total. The van der Waals surface area contributed by atoms with Crippen molar-refractivity contribution in [2.45, 2.75) is 33.0 Å². The zero-order valence-electron chi connectivity index (χ0n) is 25.6. The molecule has 6 rings (SSSR count). The second kappa shape index (κ2) is 15.9. The summed E-state index contributed by atoms with van der Waals surface area (Å²) in [6.07, 6.45) is 0. The standard InChI is InChI=1S/C41H36O5/c1-6-16-32(17-7-1)27-42-37-26-38(43-28-33-18-8-2-9-19-33)40(45-30-35-22-12-4-13-23-35)41(46-31-36-24-14-5-15-25-36)39(37)44-29-34-20-10-3-11-21-34/h1-26H,27-31H2. The Kier molecular flexibility index (Phi) is 10.5. The Labute approximate surface area is 270 Å². The van der Waals surface area contributed by atoms with Crippen molar-refractivity contribution < 1.29 is 23.7 Å². The Morgan fingerprint density at radius 1 is 0.261 bits per heavy atom. The normalized spacial score (nSPS) is 10.6. The zero-order chi connectivity index (χ0) is 31.2. The van der Waals surface area contributed by atoms with Crippen LogP contribution in [0.5, 0.6) is 28.7 Å². The van der Waals surface area contributed by atoms with Gasteiger partial charge in [0.25, 0.3) is 0 Å². The molecule has 230 valence electrons. The van der Waals surface area contributed by atoms with Gasteiger partial charge >= 0.3 is 0 Å². The third-order valence-electron chi connectivity index (χ3n) is 7.27. The molecule has 0 spiro atoms. The highest BCUT2D eigenvalue weighted by Crippen LogP contribution is 2.52. The summed E-state index contributed by atoms with van der Waals surface area (Å²) in [7, 11) is 0. The van der Waals surface area contributed by atoms with Crippen LogP contribution in [0.25, 0.3) is 0 Å². The zero-order valence-corrected chi connectivity index (χ0v) is 25.6. The van der Waals surface area contributed by atoms with E-state index in [2.05, 4.69) is 0 Å². The van der Waals surface area contributed by atoms with Crippen LogP contribution in [-0.2, 0) is 33.0 Å². The highest BCUT2D eigenvalue weighted by atomic mass is 16.6. The van der Waals surface area contributed by atoms with Crippen LogP contribution in [0.1, 0.15) is 27.8 Å². The molecule has 6 aromatic carbocycles. The summed E-state index contributed by atoms with van der Waals surface area (Å²) in [5.41, 5.74) is 5.09. The monoisotopic (exact) mass is 608 g/mol. The SMILES string of the molecule is c1ccc(COc2cc(OCc3ccccc3)c(OCc3ccccc3)c(OCc3ccccc3)c2OCc2ccccc2)cc1. The Hall–Kier alpha value is -5.68. The molecule has 5 heteroatoms. The maximum Gasteiger partial charge on any atom is 0.211 e. The van der Waals surface area contributed by atoms with Crippen molar-refractivity contribution in [1.29, 1.82) is 0 Å². The van der Waals surface area contributed by atoms with E-state index in [0.29, 0.717) is 61.8 Å². The number of ether oxygens (including phenoxy) is 5. The molecule has 0 aliphatic heterocycles. The molecule has 5 nitrogen and oxygen atoms in total. The molecule has 0 unspecified atom stereocenters. The van der Waals surface area contributed by atoms with E-state index in [9.17, 15) is 0 Å². The summed E-state index contributed by atoms with van der Waals surface area (Å²) >= 11 is 0. The molecular formula is C41H36O5. The van der Waals surface area contributed by atoms with Gasteiger partial charge in [-0.05, 0) is 27.8 Å². The van der Waals surface area contributed by atoms with Crippen LogP contribution in [0.4, 0.5) is 0 Å². The van der Waals surface area contributed by atoms with Gasteiger partial charge in [-0.25, -0.2) is 0 Å². The number of benzene rings is 6. The van der Waals surface area contributed by atoms with Crippen molar-refractivity contribution in [3.8, 4) is 28.7 Å². The van der Waals surface area contributed by atoms with Gasteiger partial charge in [0.1, 0.15) is 33.0 Å². The highest BCUT2D eigenvalue weighted by Gasteiger charge is 2.26. The van der Waals surface area contributed by atoms with Crippen LogP contribution in [-0.4, -0.2) is 0 Å². The molecule has 0 amide bonds. The van der Waals surface area contributed by atoms with Crippen LogP contribution in [0.3, 0.4) is 0 Å². The van der Waals surface area contributed by atoms with Crippen LogP contribution in [0, 0.1) is 0 Å².